The van der Waals surface area contributed by atoms with Gasteiger partial charge in [-0.05, 0) is 12.8 Å². The Balaban J connectivity index is 2.09. The number of nitrogens with one attached hydrogen (secondary N) is 1. The fourth-order valence-corrected chi connectivity index (χ4v) is 12.6. The topological polar surface area (TPSA) is 12.0 Å². The van der Waals surface area contributed by atoms with Crippen molar-refractivity contribution in [3.05, 3.63) is 46.8 Å². The molecule has 92 valence electrons. The Hall–Kier alpha value is -0.646. The summed E-state index contributed by atoms with van der Waals surface area (Å²) in [6.07, 6.45) is 15.9. The summed E-state index contributed by atoms with van der Waals surface area (Å²) in [4.78, 5) is 0. The predicted molar refractivity (Wildman–Crippen MR) is 81.8 cm³/mol. The van der Waals surface area contributed by atoms with Crippen LogP contribution >= 0.6 is 0 Å². The monoisotopic (exact) mass is 261 g/mol. The standard InChI is InChI=1S/C14H23NSi2/c1-16(2,13-9-5-6-10-13)15-17(3,4)14-11-7-8-12-14/h5-9,11,15H,10,12H2,1-4H3. The second-order valence-electron chi connectivity index (χ2n) is 6.02. The summed E-state index contributed by atoms with van der Waals surface area (Å²) in [5, 5.41) is 3.29. The van der Waals surface area contributed by atoms with Gasteiger partial charge in [0.1, 0.15) is 16.5 Å². The van der Waals surface area contributed by atoms with Gasteiger partial charge in [-0.1, -0.05) is 73.0 Å². The molecule has 0 saturated carbocycles. The fraction of sp³-hybridized carbons (Fsp3) is 0.429. The van der Waals surface area contributed by atoms with Crippen molar-refractivity contribution in [2.75, 3.05) is 0 Å². The first-order chi connectivity index (χ1) is 7.92. The van der Waals surface area contributed by atoms with E-state index < -0.39 is 16.5 Å². The van der Waals surface area contributed by atoms with Gasteiger partial charge in [0.15, 0.2) is 0 Å². The van der Waals surface area contributed by atoms with Gasteiger partial charge in [0, 0.05) is 0 Å². The van der Waals surface area contributed by atoms with E-state index in [0.29, 0.717) is 0 Å². The first-order valence-corrected chi connectivity index (χ1v) is 12.4. The SMILES string of the molecule is C[Si](C)(N[Si](C)(C)C1=CC=CC1)C1=CC=CC1. The molecule has 1 nitrogen and oxygen atoms in total. The molecule has 17 heavy (non-hydrogen) atoms. The smallest absolute Gasteiger partial charge is 0.141 e. The molecule has 0 aromatic carbocycles. The lowest BCUT2D eigenvalue weighted by Gasteiger charge is -2.36. The van der Waals surface area contributed by atoms with Crippen LogP contribution in [-0.4, -0.2) is 16.5 Å². The van der Waals surface area contributed by atoms with Crippen molar-refractivity contribution in [2.45, 2.75) is 39.0 Å². The van der Waals surface area contributed by atoms with Crippen molar-refractivity contribution >= 4 is 16.5 Å². The minimum absolute atomic E-state index is 1.16. The average molecular weight is 262 g/mol. The third-order valence-electron chi connectivity index (χ3n) is 3.77. The lowest BCUT2D eigenvalue weighted by molar-refractivity contribution is 1.22. The van der Waals surface area contributed by atoms with Crippen LogP contribution < -0.4 is 4.65 Å². The molecule has 0 fully saturated rings. The van der Waals surface area contributed by atoms with Gasteiger partial charge in [0.2, 0.25) is 0 Å². The molecule has 0 unspecified atom stereocenters. The van der Waals surface area contributed by atoms with Crippen molar-refractivity contribution in [3.8, 4) is 0 Å². The molecule has 0 aromatic rings. The minimum atomic E-state index is -1.43. The third-order valence-corrected chi connectivity index (χ3v) is 12.7. The minimum Gasteiger partial charge on any atom is -0.353 e. The van der Waals surface area contributed by atoms with Gasteiger partial charge < -0.3 is 4.65 Å². The maximum absolute atomic E-state index is 4.08. The Bertz CT molecular complexity index is 386. The Labute approximate surface area is 107 Å². The Morgan fingerprint density at radius 2 is 1.24 bits per heavy atom. The number of rotatable bonds is 4. The fourth-order valence-electron chi connectivity index (χ4n) is 2.76. The molecule has 0 aliphatic heterocycles. The third kappa shape index (κ3) is 2.79. The number of hydrogen-bond acceptors (Lipinski definition) is 1. The molecular weight excluding hydrogens is 238 g/mol. The van der Waals surface area contributed by atoms with Gasteiger partial charge >= 0.3 is 0 Å². The number of allylic oxidation sites excluding steroid dienone is 8. The molecule has 0 heterocycles. The summed E-state index contributed by atoms with van der Waals surface area (Å²) < 4.78 is 4.08. The van der Waals surface area contributed by atoms with Gasteiger partial charge in [-0.15, -0.1) is 0 Å². The highest BCUT2D eigenvalue weighted by Gasteiger charge is 2.36. The summed E-state index contributed by atoms with van der Waals surface area (Å²) in [6.45, 7) is 9.79. The summed E-state index contributed by atoms with van der Waals surface area (Å²) >= 11 is 0. The Kier molecular flexibility index (Phi) is 3.43. The molecule has 0 saturated heterocycles. The van der Waals surface area contributed by atoms with Gasteiger partial charge in [-0.3, -0.25) is 0 Å². The summed E-state index contributed by atoms with van der Waals surface area (Å²) in [6, 6.07) is 0. The summed E-state index contributed by atoms with van der Waals surface area (Å²) in [5.41, 5.74) is 0. The molecule has 2 aliphatic carbocycles. The first kappa shape index (κ1) is 12.8. The van der Waals surface area contributed by atoms with Crippen LogP contribution in [0, 0.1) is 0 Å². The van der Waals surface area contributed by atoms with E-state index in [1.807, 2.05) is 0 Å². The molecule has 1 N–H and O–H groups in total. The van der Waals surface area contributed by atoms with Crippen molar-refractivity contribution in [1.29, 1.82) is 0 Å². The number of hydrogen-bond donors (Lipinski definition) is 1. The maximum Gasteiger partial charge on any atom is 0.141 e. The van der Waals surface area contributed by atoms with Crippen LogP contribution in [-0.2, 0) is 0 Å². The van der Waals surface area contributed by atoms with Gasteiger partial charge in [0.25, 0.3) is 0 Å². The maximum atomic E-state index is 4.08. The van der Waals surface area contributed by atoms with Crippen LogP contribution in [0.2, 0.25) is 26.2 Å². The van der Waals surface area contributed by atoms with Crippen LogP contribution in [0.1, 0.15) is 12.8 Å². The first-order valence-electron chi connectivity index (χ1n) is 6.43. The van der Waals surface area contributed by atoms with Crippen molar-refractivity contribution in [3.63, 3.8) is 0 Å². The molecule has 0 spiro atoms. The van der Waals surface area contributed by atoms with Crippen LogP contribution in [0.25, 0.3) is 0 Å². The highest BCUT2D eigenvalue weighted by Crippen LogP contribution is 2.27. The zero-order valence-electron chi connectivity index (χ0n) is 11.4. The quantitative estimate of drug-likeness (QED) is 0.758. The molecule has 0 aromatic heterocycles. The van der Waals surface area contributed by atoms with E-state index in [1.54, 1.807) is 10.4 Å². The van der Waals surface area contributed by atoms with E-state index >= 15 is 0 Å². The predicted octanol–water partition coefficient (Wildman–Crippen LogP) is 3.84. The second-order valence-corrected chi connectivity index (χ2v) is 14.8. The molecule has 0 radical (unpaired) electrons. The molecule has 3 heteroatoms. The van der Waals surface area contributed by atoms with Crippen molar-refractivity contribution in [1.82, 2.24) is 4.65 Å². The molecule has 0 bridgehead atoms. The van der Waals surface area contributed by atoms with E-state index in [0.717, 1.165) is 12.8 Å². The van der Waals surface area contributed by atoms with E-state index in [2.05, 4.69) is 67.3 Å². The van der Waals surface area contributed by atoms with Crippen molar-refractivity contribution in [2.24, 2.45) is 0 Å². The summed E-state index contributed by atoms with van der Waals surface area (Å²) in [7, 11) is -2.86. The second kappa shape index (κ2) is 4.55. The largest absolute Gasteiger partial charge is 0.353 e. The van der Waals surface area contributed by atoms with E-state index in [4.69, 9.17) is 0 Å². The van der Waals surface area contributed by atoms with Gasteiger partial charge in [0.05, 0.1) is 0 Å². The lowest BCUT2D eigenvalue weighted by Crippen LogP contribution is -2.61. The zero-order valence-corrected chi connectivity index (χ0v) is 13.4. The molecule has 0 amide bonds. The van der Waals surface area contributed by atoms with Crippen LogP contribution in [0.15, 0.2) is 46.8 Å². The van der Waals surface area contributed by atoms with E-state index in [9.17, 15) is 0 Å². The highest BCUT2D eigenvalue weighted by molar-refractivity contribution is 6.97. The average Bonchev–Trinajstić information content (AvgIpc) is 2.91. The Morgan fingerprint density at radius 3 is 1.53 bits per heavy atom. The van der Waals surface area contributed by atoms with Gasteiger partial charge in [-0.25, -0.2) is 0 Å². The molecular formula is C14H23NSi2. The summed E-state index contributed by atoms with van der Waals surface area (Å²) in [5.74, 6) is 0. The van der Waals surface area contributed by atoms with Crippen molar-refractivity contribution < 1.29 is 0 Å². The molecule has 0 atom stereocenters. The normalized spacial score (nSPS) is 19.8. The highest BCUT2D eigenvalue weighted by atomic mass is 28.4. The van der Waals surface area contributed by atoms with Crippen LogP contribution in [0.3, 0.4) is 0 Å². The molecule has 2 rings (SSSR count). The van der Waals surface area contributed by atoms with Crippen LogP contribution in [0.5, 0.6) is 0 Å². The Morgan fingerprint density at radius 1 is 0.824 bits per heavy atom. The molecule has 2 aliphatic rings. The van der Waals surface area contributed by atoms with E-state index in [-0.39, 0.29) is 0 Å². The van der Waals surface area contributed by atoms with E-state index in [1.165, 1.54) is 0 Å². The lowest BCUT2D eigenvalue weighted by atomic mass is 10.5. The zero-order chi connectivity index (χ0) is 12.5. The van der Waals surface area contributed by atoms with Gasteiger partial charge in [-0.2, -0.15) is 0 Å². The van der Waals surface area contributed by atoms with Crippen LogP contribution in [0.4, 0.5) is 0 Å².